The number of carbonyl (C=O) groups is 2. The Hall–Kier alpha value is -2.90. The van der Waals surface area contributed by atoms with E-state index >= 15 is 0 Å². The van der Waals surface area contributed by atoms with E-state index in [-0.39, 0.29) is 6.54 Å². The summed E-state index contributed by atoms with van der Waals surface area (Å²) >= 11 is 7.40. The summed E-state index contributed by atoms with van der Waals surface area (Å²) in [6, 6.07) is 12.7. The zero-order valence-electron chi connectivity index (χ0n) is 15.9. The van der Waals surface area contributed by atoms with Crippen LogP contribution in [0.2, 0.25) is 5.02 Å². The molecule has 0 radical (unpaired) electrons. The molecular formula is C21H19ClN2O4S. The molecule has 1 heterocycles. The molecular weight excluding hydrogens is 412 g/mol. The van der Waals surface area contributed by atoms with Gasteiger partial charge in [0.25, 0.3) is 5.91 Å². The van der Waals surface area contributed by atoms with Gasteiger partial charge in [0.1, 0.15) is 12.3 Å². The Labute approximate surface area is 176 Å². The summed E-state index contributed by atoms with van der Waals surface area (Å²) in [5, 5.41) is 0.544. The van der Waals surface area contributed by atoms with E-state index in [9.17, 15) is 9.59 Å². The average Bonchev–Trinajstić information content (AvgIpc) is 3.03. The van der Waals surface area contributed by atoms with Crippen molar-refractivity contribution < 1.29 is 19.1 Å². The van der Waals surface area contributed by atoms with Gasteiger partial charge in [0.15, 0.2) is 4.80 Å². The molecule has 0 aliphatic rings. The lowest BCUT2D eigenvalue weighted by molar-refractivity contribution is -0.141. The van der Waals surface area contributed by atoms with Crippen LogP contribution in [0, 0.1) is 0 Å². The van der Waals surface area contributed by atoms with E-state index in [0.29, 0.717) is 22.2 Å². The molecule has 0 unspecified atom stereocenters. The number of aromatic nitrogens is 1. The molecule has 0 spiro atoms. The predicted octanol–water partition coefficient (Wildman–Crippen LogP) is 4.07. The van der Waals surface area contributed by atoms with Crippen LogP contribution in [0.15, 0.2) is 53.5 Å². The fraction of sp³-hybridized carbons (Fsp3) is 0.190. The summed E-state index contributed by atoms with van der Waals surface area (Å²) < 4.78 is 12.8. The van der Waals surface area contributed by atoms with Crippen molar-refractivity contribution >= 4 is 51.1 Å². The molecule has 0 N–H and O–H groups in total. The number of methoxy groups -OCH3 is 1. The van der Waals surface area contributed by atoms with Gasteiger partial charge < -0.3 is 14.0 Å². The molecule has 1 aromatic heterocycles. The monoisotopic (exact) mass is 430 g/mol. The van der Waals surface area contributed by atoms with Crippen LogP contribution in [-0.2, 0) is 20.9 Å². The number of fused-ring (bicyclic) bond motifs is 1. The number of rotatable bonds is 6. The number of halogens is 1. The predicted molar refractivity (Wildman–Crippen MR) is 114 cm³/mol. The van der Waals surface area contributed by atoms with Gasteiger partial charge in [0, 0.05) is 11.1 Å². The van der Waals surface area contributed by atoms with E-state index in [4.69, 9.17) is 21.1 Å². The summed E-state index contributed by atoms with van der Waals surface area (Å²) in [4.78, 5) is 28.8. The van der Waals surface area contributed by atoms with E-state index < -0.39 is 11.9 Å². The van der Waals surface area contributed by atoms with Crippen molar-refractivity contribution in [1.29, 1.82) is 0 Å². The minimum atomic E-state index is -0.458. The zero-order valence-corrected chi connectivity index (χ0v) is 17.5. The van der Waals surface area contributed by atoms with Gasteiger partial charge in [-0.05, 0) is 42.8 Å². The van der Waals surface area contributed by atoms with Crippen molar-refractivity contribution in [3.63, 3.8) is 0 Å². The zero-order chi connectivity index (χ0) is 20.8. The van der Waals surface area contributed by atoms with Gasteiger partial charge >= 0.3 is 5.97 Å². The topological polar surface area (TPSA) is 69.9 Å². The summed E-state index contributed by atoms with van der Waals surface area (Å²) in [6.07, 6.45) is 2.96. The van der Waals surface area contributed by atoms with Crippen molar-refractivity contribution in [3.8, 4) is 5.75 Å². The molecule has 2 aromatic carbocycles. The summed E-state index contributed by atoms with van der Waals surface area (Å²) in [6.45, 7) is 2.40. The van der Waals surface area contributed by atoms with Gasteiger partial charge in [-0.3, -0.25) is 9.59 Å². The molecule has 0 aliphatic carbocycles. The maximum absolute atomic E-state index is 12.4. The number of thiazole rings is 1. The summed E-state index contributed by atoms with van der Waals surface area (Å²) in [5.74, 6) is -0.179. The van der Waals surface area contributed by atoms with Crippen molar-refractivity contribution in [1.82, 2.24) is 4.57 Å². The van der Waals surface area contributed by atoms with Crippen LogP contribution in [0.4, 0.5) is 0 Å². The molecule has 8 heteroatoms. The first-order chi connectivity index (χ1) is 14.0. The third-order valence-corrected chi connectivity index (χ3v) is 5.38. The van der Waals surface area contributed by atoms with Crippen molar-refractivity contribution in [2.24, 2.45) is 4.99 Å². The van der Waals surface area contributed by atoms with Crippen LogP contribution in [0.1, 0.15) is 12.5 Å². The molecule has 29 heavy (non-hydrogen) atoms. The van der Waals surface area contributed by atoms with Gasteiger partial charge in [-0.25, -0.2) is 0 Å². The molecule has 0 atom stereocenters. The SMILES string of the molecule is CCOc1ccc2c(c1)sc(=NC(=O)C=Cc1ccccc1Cl)n2CC(=O)OC. The largest absolute Gasteiger partial charge is 0.494 e. The smallest absolute Gasteiger partial charge is 0.325 e. The second-order valence-electron chi connectivity index (χ2n) is 5.91. The minimum absolute atomic E-state index is 0.0508. The quantitative estimate of drug-likeness (QED) is 0.436. The van der Waals surface area contributed by atoms with Crippen LogP contribution in [0.3, 0.4) is 0 Å². The Balaban J connectivity index is 2.01. The first-order valence-electron chi connectivity index (χ1n) is 8.86. The van der Waals surface area contributed by atoms with Crippen LogP contribution >= 0.6 is 22.9 Å². The Morgan fingerprint density at radius 1 is 1.24 bits per heavy atom. The van der Waals surface area contributed by atoms with Crippen LogP contribution < -0.4 is 9.54 Å². The molecule has 0 saturated heterocycles. The Bertz CT molecular complexity index is 1150. The van der Waals surface area contributed by atoms with Crippen molar-refractivity contribution in [3.05, 3.63) is 63.9 Å². The minimum Gasteiger partial charge on any atom is -0.494 e. The molecule has 150 valence electrons. The first-order valence-corrected chi connectivity index (χ1v) is 10.1. The Morgan fingerprint density at radius 2 is 2.03 bits per heavy atom. The lowest BCUT2D eigenvalue weighted by atomic mass is 10.2. The molecule has 0 bridgehead atoms. The number of ether oxygens (including phenoxy) is 2. The van der Waals surface area contributed by atoms with Crippen molar-refractivity contribution in [2.75, 3.05) is 13.7 Å². The maximum atomic E-state index is 12.4. The van der Waals surface area contributed by atoms with Gasteiger partial charge in [0.05, 0.1) is 23.9 Å². The third-order valence-electron chi connectivity index (χ3n) is 4.00. The maximum Gasteiger partial charge on any atom is 0.325 e. The van der Waals surface area contributed by atoms with Gasteiger partial charge in [-0.1, -0.05) is 41.1 Å². The number of nitrogens with zero attached hydrogens (tertiary/aromatic N) is 2. The molecule has 1 amide bonds. The summed E-state index contributed by atoms with van der Waals surface area (Å²) in [7, 11) is 1.32. The van der Waals surface area contributed by atoms with E-state index in [1.807, 2.05) is 37.3 Å². The normalized spacial score (nSPS) is 11.9. The molecule has 0 saturated carbocycles. The highest BCUT2D eigenvalue weighted by molar-refractivity contribution is 7.16. The molecule has 3 rings (SSSR count). The van der Waals surface area contributed by atoms with Crippen LogP contribution in [-0.4, -0.2) is 30.2 Å². The highest BCUT2D eigenvalue weighted by Crippen LogP contribution is 2.23. The second-order valence-corrected chi connectivity index (χ2v) is 7.33. The Kier molecular flexibility index (Phi) is 6.85. The van der Waals surface area contributed by atoms with E-state index in [0.717, 1.165) is 15.8 Å². The highest BCUT2D eigenvalue weighted by Gasteiger charge is 2.12. The Morgan fingerprint density at radius 3 is 2.76 bits per heavy atom. The third kappa shape index (κ3) is 5.13. The lowest BCUT2D eigenvalue weighted by Crippen LogP contribution is -2.22. The highest BCUT2D eigenvalue weighted by atomic mass is 35.5. The number of carbonyl (C=O) groups excluding carboxylic acids is 2. The van der Waals surface area contributed by atoms with E-state index in [1.54, 1.807) is 22.8 Å². The van der Waals surface area contributed by atoms with E-state index in [2.05, 4.69) is 4.99 Å². The fourth-order valence-corrected chi connectivity index (χ4v) is 3.91. The number of hydrogen-bond donors (Lipinski definition) is 0. The van der Waals surface area contributed by atoms with Gasteiger partial charge in [-0.15, -0.1) is 0 Å². The number of esters is 1. The lowest BCUT2D eigenvalue weighted by Gasteiger charge is -2.05. The fourth-order valence-electron chi connectivity index (χ4n) is 2.64. The molecule has 0 aliphatic heterocycles. The number of benzene rings is 2. The van der Waals surface area contributed by atoms with Gasteiger partial charge in [0.2, 0.25) is 0 Å². The standard InChI is InChI=1S/C21H19ClN2O4S/c1-3-28-15-9-10-17-18(12-15)29-21(24(17)13-20(26)27-2)23-19(25)11-8-14-6-4-5-7-16(14)22/h4-12H,3,13H2,1-2H3. The molecule has 3 aromatic rings. The van der Waals surface area contributed by atoms with Crippen LogP contribution in [0.25, 0.3) is 16.3 Å². The number of hydrogen-bond acceptors (Lipinski definition) is 5. The van der Waals surface area contributed by atoms with Crippen LogP contribution in [0.5, 0.6) is 5.75 Å². The van der Waals surface area contributed by atoms with Crippen molar-refractivity contribution in [2.45, 2.75) is 13.5 Å². The summed E-state index contributed by atoms with van der Waals surface area (Å²) in [5.41, 5.74) is 1.49. The van der Waals surface area contributed by atoms with Gasteiger partial charge in [-0.2, -0.15) is 4.99 Å². The number of amides is 1. The first kappa shape index (κ1) is 20.8. The van der Waals surface area contributed by atoms with E-state index in [1.165, 1.54) is 24.5 Å². The average molecular weight is 431 g/mol. The second kappa shape index (κ2) is 9.54. The molecule has 6 nitrogen and oxygen atoms in total. The molecule has 0 fully saturated rings.